The molecule has 0 aromatic rings. The predicted octanol–water partition coefficient (Wildman–Crippen LogP) is 1.68. The van der Waals surface area contributed by atoms with E-state index in [0.717, 1.165) is 12.0 Å². The molecule has 1 atom stereocenters. The van der Waals surface area contributed by atoms with Gasteiger partial charge >= 0.3 is 0 Å². The monoisotopic (exact) mass is 251 g/mol. The first kappa shape index (κ1) is 12.9. The largest absolute Gasteiger partial charge is 0.329 e. The van der Waals surface area contributed by atoms with Crippen LogP contribution < -0.4 is 5.73 Å². The summed E-state index contributed by atoms with van der Waals surface area (Å²) in [5.74, 6) is 0. The van der Waals surface area contributed by atoms with Crippen LogP contribution in [0.2, 0.25) is 0 Å². The van der Waals surface area contributed by atoms with Crippen molar-refractivity contribution in [3.05, 3.63) is 0 Å². The van der Waals surface area contributed by atoms with Gasteiger partial charge < -0.3 is 10.6 Å². The molecule has 1 saturated carbocycles. The van der Waals surface area contributed by atoms with Crippen LogP contribution in [-0.2, 0) is 0 Å². The normalized spacial score (nSPS) is 37.7. The van der Waals surface area contributed by atoms with Gasteiger partial charge in [0.05, 0.1) is 0 Å². The van der Waals surface area contributed by atoms with Crippen LogP contribution >= 0.6 is 0 Å². The molecule has 3 nitrogen and oxygen atoms in total. The predicted molar refractivity (Wildman–Crippen MR) is 75.6 cm³/mol. The van der Waals surface area contributed by atoms with Crippen LogP contribution in [0, 0.1) is 5.41 Å². The molecule has 1 spiro atoms. The first-order valence-electron chi connectivity index (χ1n) is 7.82. The molecule has 3 rings (SSSR count). The second-order valence-corrected chi connectivity index (χ2v) is 7.11. The quantitative estimate of drug-likeness (QED) is 0.810. The van der Waals surface area contributed by atoms with Gasteiger partial charge in [-0.15, -0.1) is 0 Å². The summed E-state index contributed by atoms with van der Waals surface area (Å²) in [6, 6.07) is 0. The third-order valence-electron chi connectivity index (χ3n) is 6.06. The highest BCUT2D eigenvalue weighted by Gasteiger charge is 2.45. The van der Waals surface area contributed by atoms with E-state index in [0.29, 0.717) is 5.54 Å². The van der Waals surface area contributed by atoms with Crippen molar-refractivity contribution in [2.45, 2.75) is 50.5 Å². The number of nitrogens with two attached hydrogens (primary N) is 1. The molecule has 2 saturated heterocycles. The Bertz CT molecular complexity index is 288. The molecular formula is C15H29N3. The number of likely N-dealkylation sites (N-methyl/N-ethyl adjacent to an activating group) is 1. The zero-order chi connectivity index (χ0) is 12.6. The van der Waals surface area contributed by atoms with Crippen molar-refractivity contribution in [2.24, 2.45) is 11.1 Å². The number of rotatable bonds is 2. The Morgan fingerprint density at radius 2 is 1.61 bits per heavy atom. The van der Waals surface area contributed by atoms with E-state index in [4.69, 9.17) is 5.73 Å². The Morgan fingerprint density at radius 1 is 0.944 bits per heavy atom. The Kier molecular flexibility index (Phi) is 3.41. The van der Waals surface area contributed by atoms with Crippen LogP contribution in [0.25, 0.3) is 0 Å². The lowest BCUT2D eigenvalue weighted by molar-refractivity contribution is 0.0275. The van der Waals surface area contributed by atoms with E-state index in [1.807, 2.05) is 0 Å². The van der Waals surface area contributed by atoms with Gasteiger partial charge in [-0.05, 0) is 64.2 Å². The zero-order valence-corrected chi connectivity index (χ0v) is 12.0. The van der Waals surface area contributed by atoms with Crippen molar-refractivity contribution < 1.29 is 0 Å². The minimum atomic E-state index is 0.301. The van der Waals surface area contributed by atoms with Crippen molar-refractivity contribution in [3.63, 3.8) is 0 Å². The molecule has 2 N–H and O–H groups in total. The molecule has 0 amide bonds. The summed E-state index contributed by atoms with van der Waals surface area (Å²) in [5, 5.41) is 0. The lowest BCUT2D eigenvalue weighted by Gasteiger charge is -2.47. The fraction of sp³-hybridized carbons (Fsp3) is 1.00. The van der Waals surface area contributed by atoms with Crippen LogP contribution in [0.5, 0.6) is 0 Å². The summed E-state index contributed by atoms with van der Waals surface area (Å²) in [5.41, 5.74) is 7.17. The third kappa shape index (κ3) is 2.10. The molecule has 104 valence electrons. The van der Waals surface area contributed by atoms with Crippen molar-refractivity contribution in [1.29, 1.82) is 0 Å². The van der Waals surface area contributed by atoms with Gasteiger partial charge in [0.1, 0.15) is 0 Å². The SMILES string of the molecule is CN1CCC(CN)(N2CCC3(CCCC3)CC2)C1. The lowest BCUT2D eigenvalue weighted by Crippen LogP contribution is -2.58. The minimum Gasteiger partial charge on any atom is -0.329 e. The van der Waals surface area contributed by atoms with Crippen molar-refractivity contribution >= 4 is 0 Å². The van der Waals surface area contributed by atoms with Crippen molar-refractivity contribution in [2.75, 3.05) is 39.8 Å². The highest BCUT2D eigenvalue weighted by Crippen LogP contribution is 2.47. The van der Waals surface area contributed by atoms with Gasteiger partial charge in [-0.25, -0.2) is 0 Å². The van der Waals surface area contributed by atoms with Crippen molar-refractivity contribution in [3.8, 4) is 0 Å². The molecule has 3 heteroatoms. The number of piperidine rings is 1. The van der Waals surface area contributed by atoms with Crippen LogP contribution in [0.4, 0.5) is 0 Å². The van der Waals surface area contributed by atoms with Crippen molar-refractivity contribution in [1.82, 2.24) is 9.80 Å². The van der Waals surface area contributed by atoms with Crippen LogP contribution in [0.15, 0.2) is 0 Å². The molecule has 2 aliphatic heterocycles. The molecule has 0 aromatic heterocycles. The summed E-state index contributed by atoms with van der Waals surface area (Å²) in [7, 11) is 2.24. The molecule has 0 bridgehead atoms. The number of hydrogen-bond donors (Lipinski definition) is 1. The Balaban J connectivity index is 1.64. The summed E-state index contributed by atoms with van der Waals surface area (Å²) in [6.45, 7) is 5.83. The van der Waals surface area contributed by atoms with Gasteiger partial charge in [-0.2, -0.15) is 0 Å². The smallest absolute Gasteiger partial charge is 0.0470 e. The van der Waals surface area contributed by atoms with E-state index in [-0.39, 0.29) is 0 Å². The van der Waals surface area contributed by atoms with E-state index in [1.165, 1.54) is 71.1 Å². The molecular weight excluding hydrogens is 222 g/mol. The second kappa shape index (κ2) is 4.77. The minimum absolute atomic E-state index is 0.301. The average molecular weight is 251 g/mol. The van der Waals surface area contributed by atoms with Gasteiger partial charge in [0.25, 0.3) is 0 Å². The molecule has 18 heavy (non-hydrogen) atoms. The number of likely N-dealkylation sites (tertiary alicyclic amines) is 2. The van der Waals surface area contributed by atoms with Gasteiger partial charge in [0, 0.05) is 18.6 Å². The molecule has 3 fully saturated rings. The van der Waals surface area contributed by atoms with Gasteiger partial charge in [0.2, 0.25) is 0 Å². The molecule has 0 radical (unpaired) electrons. The topological polar surface area (TPSA) is 32.5 Å². The Labute approximate surface area is 112 Å². The standard InChI is InChI=1S/C15H29N3/c1-17-9-8-15(12-16,13-17)18-10-6-14(7-11-18)4-2-3-5-14/h2-13,16H2,1H3. The molecule has 1 aliphatic carbocycles. The van der Waals surface area contributed by atoms with Crippen LogP contribution in [-0.4, -0.2) is 55.1 Å². The van der Waals surface area contributed by atoms with Crippen LogP contribution in [0.3, 0.4) is 0 Å². The second-order valence-electron chi connectivity index (χ2n) is 7.11. The van der Waals surface area contributed by atoms with Gasteiger partial charge in [-0.3, -0.25) is 4.90 Å². The van der Waals surface area contributed by atoms with Gasteiger partial charge in [0.15, 0.2) is 0 Å². The molecule has 2 heterocycles. The first-order chi connectivity index (χ1) is 8.68. The van der Waals surface area contributed by atoms with Gasteiger partial charge in [-0.1, -0.05) is 12.8 Å². The first-order valence-corrected chi connectivity index (χ1v) is 7.82. The third-order valence-corrected chi connectivity index (χ3v) is 6.06. The van der Waals surface area contributed by atoms with E-state index in [1.54, 1.807) is 0 Å². The fourth-order valence-electron chi connectivity index (χ4n) is 4.69. The average Bonchev–Trinajstić information content (AvgIpc) is 2.99. The summed E-state index contributed by atoms with van der Waals surface area (Å²) < 4.78 is 0. The molecule has 1 unspecified atom stereocenters. The maximum Gasteiger partial charge on any atom is 0.0470 e. The van der Waals surface area contributed by atoms with E-state index < -0.39 is 0 Å². The Hall–Kier alpha value is -0.120. The highest BCUT2D eigenvalue weighted by molar-refractivity contribution is 5.02. The number of hydrogen-bond acceptors (Lipinski definition) is 3. The van der Waals surface area contributed by atoms with E-state index >= 15 is 0 Å². The van der Waals surface area contributed by atoms with Crippen LogP contribution in [0.1, 0.15) is 44.9 Å². The maximum atomic E-state index is 6.14. The summed E-state index contributed by atoms with van der Waals surface area (Å²) >= 11 is 0. The molecule has 3 aliphatic rings. The number of nitrogens with zero attached hydrogens (tertiary/aromatic N) is 2. The fourth-order valence-corrected chi connectivity index (χ4v) is 4.69. The maximum absolute atomic E-state index is 6.14. The lowest BCUT2D eigenvalue weighted by atomic mass is 9.75. The Morgan fingerprint density at radius 3 is 2.11 bits per heavy atom. The zero-order valence-electron chi connectivity index (χ0n) is 12.0. The summed E-state index contributed by atoms with van der Waals surface area (Å²) in [4.78, 5) is 5.19. The molecule has 0 aromatic carbocycles. The summed E-state index contributed by atoms with van der Waals surface area (Å²) in [6.07, 6.45) is 10.1. The van der Waals surface area contributed by atoms with E-state index in [9.17, 15) is 0 Å². The van der Waals surface area contributed by atoms with E-state index in [2.05, 4.69) is 16.8 Å². The highest BCUT2D eigenvalue weighted by atomic mass is 15.3.